The van der Waals surface area contributed by atoms with Crippen molar-refractivity contribution in [1.82, 2.24) is 19.3 Å². The number of methoxy groups -OCH3 is 1. The van der Waals surface area contributed by atoms with Crippen LogP contribution < -0.4 is 10.4 Å². The summed E-state index contributed by atoms with van der Waals surface area (Å²) in [5.74, 6) is 1.34. The third-order valence-electron chi connectivity index (χ3n) is 5.83. The van der Waals surface area contributed by atoms with Gasteiger partial charge in [0.15, 0.2) is 0 Å². The van der Waals surface area contributed by atoms with E-state index in [2.05, 4.69) is 16.2 Å². The van der Waals surface area contributed by atoms with Crippen molar-refractivity contribution in [2.75, 3.05) is 7.11 Å². The van der Waals surface area contributed by atoms with E-state index in [1.165, 1.54) is 0 Å². The van der Waals surface area contributed by atoms with E-state index in [1.54, 1.807) is 33.8 Å². The molecule has 4 heterocycles. The second-order valence-corrected chi connectivity index (χ2v) is 8.60. The van der Waals surface area contributed by atoms with Gasteiger partial charge in [-0.25, -0.2) is 4.79 Å². The molecular weight excluding hydrogens is 438 g/mol. The Morgan fingerprint density at radius 1 is 1.27 bits per heavy atom. The third-order valence-corrected chi connectivity index (χ3v) is 6.57. The number of thiophene rings is 1. The standard InChI is InChI=1S/C24H21N5O3S/c1-14-22(15(2)32-27-14)18-9-19-17(10-21(18)31-3)23-20(11-26-19)28(7-4-6-25)24(30)29(23)12-16-5-8-33-13-16/h5,8-11,13H,4,7,12H2,1-3H3. The fraction of sp³-hybridized carbons (Fsp3) is 0.250. The van der Waals surface area contributed by atoms with Crippen molar-refractivity contribution in [2.45, 2.75) is 33.4 Å². The summed E-state index contributed by atoms with van der Waals surface area (Å²) in [6, 6.07) is 8.01. The van der Waals surface area contributed by atoms with Crippen molar-refractivity contribution in [2.24, 2.45) is 0 Å². The van der Waals surface area contributed by atoms with Crippen molar-refractivity contribution < 1.29 is 9.26 Å². The van der Waals surface area contributed by atoms with E-state index in [9.17, 15) is 4.79 Å². The molecule has 0 atom stereocenters. The lowest BCUT2D eigenvalue weighted by molar-refractivity contribution is 0.393. The van der Waals surface area contributed by atoms with Crippen LogP contribution in [0.4, 0.5) is 0 Å². The van der Waals surface area contributed by atoms with E-state index in [-0.39, 0.29) is 12.1 Å². The van der Waals surface area contributed by atoms with Crippen molar-refractivity contribution >= 4 is 33.3 Å². The number of fused-ring (bicyclic) bond motifs is 3. The van der Waals surface area contributed by atoms with Crippen LogP contribution in [-0.4, -0.2) is 26.4 Å². The summed E-state index contributed by atoms with van der Waals surface area (Å²) in [4.78, 5) is 18.1. The Balaban J connectivity index is 1.83. The van der Waals surface area contributed by atoms with Gasteiger partial charge in [0.05, 0.1) is 60.1 Å². The van der Waals surface area contributed by atoms with Crippen LogP contribution in [-0.2, 0) is 13.1 Å². The molecule has 0 bridgehead atoms. The molecule has 0 amide bonds. The molecule has 5 aromatic rings. The van der Waals surface area contributed by atoms with Gasteiger partial charge >= 0.3 is 5.69 Å². The Hall–Kier alpha value is -3.90. The lowest BCUT2D eigenvalue weighted by Gasteiger charge is -2.12. The number of aryl methyl sites for hydroxylation is 3. The average Bonchev–Trinajstić information content (AvgIpc) is 3.51. The van der Waals surface area contributed by atoms with Gasteiger partial charge in [0.25, 0.3) is 0 Å². The zero-order valence-corrected chi connectivity index (χ0v) is 19.3. The number of hydrogen-bond acceptors (Lipinski definition) is 7. The zero-order chi connectivity index (χ0) is 23.1. The van der Waals surface area contributed by atoms with Crippen LogP contribution in [0.3, 0.4) is 0 Å². The first kappa shape index (κ1) is 21.0. The first-order valence-corrected chi connectivity index (χ1v) is 11.4. The van der Waals surface area contributed by atoms with Crippen molar-refractivity contribution in [3.05, 3.63) is 62.7 Å². The van der Waals surface area contributed by atoms with Crippen LogP contribution in [0.2, 0.25) is 0 Å². The largest absolute Gasteiger partial charge is 0.496 e. The predicted octanol–water partition coefficient (Wildman–Crippen LogP) is 4.66. The molecule has 166 valence electrons. The smallest absolute Gasteiger partial charge is 0.329 e. The number of nitriles is 1. The molecular formula is C24H21N5O3S. The summed E-state index contributed by atoms with van der Waals surface area (Å²) in [5.41, 5.74) is 5.57. The van der Waals surface area contributed by atoms with Gasteiger partial charge in [-0.05, 0) is 48.4 Å². The number of aromatic nitrogens is 4. The second-order valence-electron chi connectivity index (χ2n) is 7.82. The molecule has 0 N–H and O–H groups in total. The predicted molar refractivity (Wildman–Crippen MR) is 127 cm³/mol. The summed E-state index contributed by atoms with van der Waals surface area (Å²) < 4.78 is 14.5. The van der Waals surface area contributed by atoms with Gasteiger partial charge in [-0.3, -0.25) is 14.1 Å². The summed E-state index contributed by atoms with van der Waals surface area (Å²) in [7, 11) is 1.62. The van der Waals surface area contributed by atoms with Gasteiger partial charge in [0.1, 0.15) is 11.5 Å². The maximum Gasteiger partial charge on any atom is 0.329 e. The fourth-order valence-corrected chi connectivity index (χ4v) is 5.00. The van der Waals surface area contributed by atoms with Gasteiger partial charge in [-0.15, -0.1) is 0 Å². The van der Waals surface area contributed by atoms with Crippen molar-refractivity contribution in [3.8, 4) is 22.9 Å². The number of pyridine rings is 1. The van der Waals surface area contributed by atoms with Gasteiger partial charge < -0.3 is 9.26 Å². The molecule has 0 radical (unpaired) electrons. The summed E-state index contributed by atoms with van der Waals surface area (Å²) in [5, 5.41) is 18.0. The van der Waals surface area contributed by atoms with Crippen molar-refractivity contribution in [1.29, 1.82) is 5.26 Å². The van der Waals surface area contributed by atoms with E-state index in [0.717, 1.165) is 38.8 Å². The molecule has 0 spiro atoms. The molecule has 0 fully saturated rings. The second kappa shape index (κ2) is 8.22. The quantitative estimate of drug-likeness (QED) is 0.366. The molecule has 4 aromatic heterocycles. The topological polar surface area (TPSA) is 98.9 Å². The highest BCUT2D eigenvalue weighted by Gasteiger charge is 2.21. The summed E-state index contributed by atoms with van der Waals surface area (Å²) in [6.45, 7) is 4.50. The maximum absolute atomic E-state index is 13.4. The van der Waals surface area contributed by atoms with Crippen LogP contribution >= 0.6 is 11.3 Å². The molecule has 8 nitrogen and oxygen atoms in total. The fourth-order valence-electron chi connectivity index (χ4n) is 4.34. The first-order valence-electron chi connectivity index (χ1n) is 10.4. The minimum Gasteiger partial charge on any atom is -0.496 e. The Labute approximate surface area is 193 Å². The van der Waals surface area contributed by atoms with Gasteiger partial charge in [0, 0.05) is 17.5 Å². The zero-order valence-electron chi connectivity index (χ0n) is 18.5. The lowest BCUT2D eigenvalue weighted by atomic mass is 10.0. The highest BCUT2D eigenvalue weighted by Crippen LogP contribution is 2.38. The summed E-state index contributed by atoms with van der Waals surface area (Å²) >= 11 is 1.59. The van der Waals surface area contributed by atoms with Gasteiger partial charge in [-0.2, -0.15) is 16.6 Å². The third kappa shape index (κ3) is 3.39. The molecule has 1 aromatic carbocycles. The van der Waals surface area contributed by atoms with Crippen LogP contribution in [0.15, 0.2) is 44.5 Å². The number of ether oxygens (including phenoxy) is 1. The minimum absolute atomic E-state index is 0.158. The maximum atomic E-state index is 13.4. The van der Waals surface area contributed by atoms with E-state index < -0.39 is 0 Å². The van der Waals surface area contributed by atoms with Crippen LogP contribution in [0.1, 0.15) is 23.4 Å². The van der Waals surface area contributed by atoms with E-state index >= 15 is 0 Å². The first-order chi connectivity index (χ1) is 16.0. The highest BCUT2D eigenvalue weighted by atomic mass is 32.1. The van der Waals surface area contributed by atoms with Crippen molar-refractivity contribution in [3.63, 3.8) is 0 Å². The molecule has 0 aliphatic heterocycles. The Kier molecular flexibility index (Phi) is 5.23. The van der Waals surface area contributed by atoms with E-state index in [4.69, 9.17) is 14.5 Å². The Morgan fingerprint density at radius 2 is 2.12 bits per heavy atom. The number of imidazole rings is 1. The molecule has 0 saturated carbocycles. The minimum atomic E-state index is -0.158. The molecule has 9 heteroatoms. The molecule has 0 unspecified atom stereocenters. The molecule has 33 heavy (non-hydrogen) atoms. The monoisotopic (exact) mass is 459 g/mol. The molecule has 0 aliphatic rings. The number of benzene rings is 1. The van der Waals surface area contributed by atoms with E-state index in [1.807, 2.05) is 42.8 Å². The number of rotatable bonds is 6. The number of hydrogen-bond donors (Lipinski definition) is 0. The summed E-state index contributed by atoms with van der Waals surface area (Å²) in [6.07, 6.45) is 1.95. The molecule has 5 rings (SSSR count). The molecule has 0 saturated heterocycles. The Bertz CT molecular complexity index is 1570. The van der Waals surface area contributed by atoms with Crippen LogP contribution in [0.25, 0.3) is 33.1 Å². The normalized spacial score (nSPS) is 11.3. The van der Waals surface area contributed by atoms with Crippen LogP contribution in [0, 0.1) is 25.2 Å². The number of nitrogens with zero attached hydrogens (tertiary/aromatic N) is 5. The van der Waals surface area contributed by atoms with Crippen LogP contribution in [0.5, 0.6) is 5.75 Å². The highest BCUT2D eigenvalue weighted by molar-refractivity contribution is 7.07. The Morgan fingerprint density at radius 3 is 2.79 bits per heavy atom. The lowest BCUT2D eigenvalue weighted by Crippen LogP contribution is -2.24. The van der Waals surface area contributed by atoms with Gasteiger partial charge in [0.2, 0.25) is 0 Å². The average molecular weight is 460 g/mol. The van der Waals surface area contributed by atoms with Gasteiger partial charge in [-0.1, -0.05) is 5.16 Å². The molecule has 0 aliphatic carbocycles. The van der Waals surface area contributed by atoms with E-state index in [0.29, 0.717) is 30.1 Å². The SMILES string of the molecule is COc1cc2c(cc1-c1c(C)noc1C)ncc1c2n(Cc2ccsc2)c(=O)n1CCC#N.